The Balaban J connectivity index is 1.97. The first-order chi connectivity index (χ1) is 10.2. The van der Waals surface area contributed by atoms with Crippen LogP contribution in [0.1, 0.15) is 24.2 Å². The van der Waals surface area contributed by atoms with Crippen LogP contribution in [0, 0.1) is 0 Å². The van der Waals surface area contributed by atoms with Crippen LogP contribution in [0.4, 0.5) is 0 Å². The summed E-state index contributed by atoms with van der Waals surface area (Å²) in [6.45, 7) is 2.85. The number of ether oxygens (including phenoxy) is 1. The van der Waals surface area contributed by atoms with E-state index in [0.29, 0.717) is 13.2 Å². The van der Waals surface area contributed by atoms with Crippen molar-refractivity contribution in [1.82, 2.24) is 15.1 Å². The largest absolute Gasteiger partial charge is 0.465 e. The van der Waals surface area contributed by atoms with Crippen LogP contribution in [0.3, 0.4) is 0 Å². The molecule has 0 saturated heterocycles. The van der Waals surface area contributed by atoms with E-state index in [4.69, 9.17) is 4.74 Å². The molecular weight excluding hydrogens is 266 g/mol. The molecule has 1 aromatic carbocycles. The molecule has 0 spiro atoms. The molecule has 1 N–H and O–H groups in total. The van der Waals surface area contributed by atoms with Crippen LogP contribution in [0.5, 0.6) is 0 Å². The Kier molecular flexibility index (Phi) is 5.51. The van der Waals surface area contributed by atoms with Crippen LogP contribution in [0.25, 0.3) is 0 Å². The van der Waals surface area contributed by atoms with E-state index in [9.17, 15) is 4.79 Å². The van der Waals surface area contributed by atoms with Crippen LogP contribution < -0.4 is 5.32 Å². The normalized spacial score (nSPS) is 12.1. The Morgan fingerprint density at radius 2 is 2.10 bits per heavy atom. The summed E-state index contributed by atoms with van der Waals surface area (Å²) in [4.78, 5) is 12.1. The number of aryl methyl sites for hydroxylation is 1. The van der Waals surface area contributed by atoms with Gasteiger partial charge in [-0.1, -0.05) is 30.3 Å². The van der Waals surface area contributed by atoms with Gasteiger partial charge in [0.05, 0.1) is 12.3 Å². The summed E-state index contributed by atoms with van der Waals surface area (Å²) in [5.41, 5.74) is 1.91. The predicted octanol–water partition coefficient (Wildman–Crippen LogP) is 1.86. The molecule has 0 fully saturated rings. The number of aromatic nitrogens is 2. The third kappa shape index (κ3) is 4.43. The molecule has 5 heteroatoms. The second-order valence-electron chi connectivity index (χ2n) is 4.78. The van der Waals surface area contributed by atoms with Crippen molar-refractivity contribution < 1.29 is 9.53 Å². The van der Waals surface area contributed by atoms with E-state index in [0.717, 1.165) is 17.7 Å². The maximum atomic E-state index is 12.1. The Labute approximate surface area is 124 Å². The van der Waals surface area contributed by atoms with Crippen molar-refractivity contribution in [2.24, 2.45) is 7.05 Å². The quantitative estimate of drug-likeness (QED) is 0.790. The Hall–Kier alpha value is -2.14. The van der Waals surface area contributed by atoms with Crippen LogP contribution in [0.2, 0.25) is 0 Å². The number of esters is 1. The molecule has 2 aromatic rings. The van der Waals surface area contributed by atoms with E-state index in [1.807, 2.05) is 56.6 Å². The van der Waals surface area contributed by atoms with Gasteiger partial charge in [-0.3, -0.25) is 4.68 Å². The smallest absolute Gasteiger partial charge is 0.327 e. The minimum absolute atomic E-state index is 0.246. The van der Waals surface area contributed by atoms with E-state index >= 15 is 0 Å². The lowest BCUT2D eigenvalue weighted by Gasteiger charge is -2.17. The van der Waals surface area contributed by atoms with Gasteiger partial charge in [0.25, 0.3) is 0 Å². The monoisotopic (exact) mass is 287 g/mol. The van der Waals surface area contributed by atoms with Crippen molar-refractivity contribution in [1.29, 1.82) is 0 Å². The third-order valence-electron chi connectivity index (χ3n) is 3.15. The first-order valence-electron chi connectivity index (χ1n) is 7.14. The minimum atomic E-state index is -0.435. The van der Waals surface area contributed by atoms with E-state index in [1.54, 1.807) is 4.68 Å². The van der Waals surface area contributed by atoms with Crippen LogP contribution >= 0.6 is 0 Å². The van der Waals surface area contributed by atoms with Crippen molar-refractivity contribution in [3.8, 4) is 0 Å². The molecule has 0 amide bonds. The lowest BCUT2D eigenvalue weighted by atomic mass is 10.1. The van der Waals surface area contributed by atoms with Gasteiger partial charge in [0.1, 0.15) is 6.04 Å². The van der Waals surface area contributed by atoms with Crippen molar-refractivity contribution in [2.45, 2.75) is 19.4 Å². The number of hydrogen-bond acceptors (Lipinski definition) is 4. The lowest BCUT2D eigenvalue weighted by Crippen LogP contribution is -2.31. The molecule has 0 bridgehead atoms. The fraction of sp³-hybridized carbons (Fsp3) is 0.375. The number of hydrogen-bond donors (Lipinski definition) is 1. The summed E-state index contributed by atoms with van der Waals surface area (Å²) in [6, 6.07) is 11.2. The predicted molar refractivity (Wildman–Crippen MR) is 80.7 cm³/mol. The zero-order valence-corrected chi connectivity index (χ0v) is 12.5. The van der Waals surface area contributed by atoms with E-state index < -0.39 is 6.04 Å². The van der Waals surface area contributed by atoms with Gasteiger partial charge < -0.3 is 10.1 Å². The summed E-state index contributed by atoms with van der Waals surface area (Å²) >= 11 is 0. The zero-order chi connectivity index (χ0) is 15.1. The summed E-state index contributed by atoms with van der Waals surface area (Å²) < 4.78 is 6.92. The minimum Gasteiger partial charge on any atom is -0.465 e. The highest BCUT2D eigenvalue weighted by Crippen LogP contribution is 2.14. The number of carbonyl (C=O) groups excluding carboxylic acids is 1. The summed E-state index contributed by atoms with van der Waals surface area (Å²) in [5, 5.41) is 7.58. The molecule has 0 radical (unpaired) electrons. The summed E-state index contributed by atoms with van der Waals surface area (Å²) in [5.74, 6) is -0.246. The second kappa shape index (κ2) is 7.59. The van der Waals surface area contributed by atoms with Gasteiger partial charge in [0, 0.05) is 26.2 Å². The van der Waals surface area contributed by atoms with E-state index in [-0.39, 0.29) is 5.97 Å². The molecule has 0 aliphatic heterocycles. The fourth-order valence-electron chi connectivity index (χ4n) is 2.15. The number of nitrogens with zero attached hydrogens (tertiary/aromatic N) is 2. The Bertz CT molecular complexity index is 566. The average molecular weight is 287 g/mol. The molecular formula is C16H21N3O2. The molecule has 1 unspecified atom stereocenters. The second-order valence-corrected chi connectivity index (χ2v) is 4.78. The fourth-order valence-corrected chi connectivity index (χ4v) is 2.15. The molecule has 0 aliphatic carbocycles. The maximum Gasteiger partial charge on any atom is 0.327 e. The third-order valence-corrected chi connectivity index (χ3v) is 3.15. The van der Waals surface area contributed by atoms with Gasteiger partial charge >= 0.3 is 5.97 Å². The highest BCUT2D eigenvalue weighted by Gasteiger charge is 2.20. The van der Waals surface area contributed by atoms with Gasteiger partial charge in [-0.25, -0.2) is 4.79 Å². The highest BCUT2D eigenvalue weighted by atomic mass is 16.5. The standard InChI is InChI=1S/C16H21N3O2/c1-3-21-16(20)15(13-7-5-4-6-8-13)17-11-9-14-10-12-19(2)18-14/h4-8,10,12,15,17H,3,9,11H2,1-2H3. The number of nitrogens with one attached hydrogen (secondary N) is 1. The number of benzene rings is 1. The van der Waals surface area contributed by atoms with Crippen molar-refractivity contribution in [2.75, 3.05) is 13.2 Å². The molecule has 1 atom stereocenters. The van der Waals surface area contributed by atoms with Crippen LogP contribution in [-0.4, -0.2) is 28.9 Å². The van der Waals surface area contributed by atoms with Gasteiger partial charge in [0.15, 0.2) is 0 Å². The first kappa shape index (κ1) is 15.3. The van der Waals surface area contributed by atoms with E-state index in [2.05, 4.69) is 10.4 Å². The molecule has 112 valence electrons. The highest BCUT2D eigenvalue weighted by molar-refractivity contribution is 5.77. The van der Waals surface area contributed by atoms with Gasteiger partial charge in [-0.05, 0) is 18.6 Å². The molecule has 1 heterocycles. The van der Waals surface area contributed by atoms with Gasteiger partial charge in [-0.2, -0.15) is 5.10 Å². The number of rotatable bonds is 7. The topological polar surface area (TPSA) is 56.1 Å². The van der Waals surface area contributed by atoms with Crippen LogP contribution in [0.15, 0.2) is 42.6 Å². The molecule has 0 aliphatic rings. The van der Waals surface area contributed by atoms with Crippen molar-refractivity contribution >= 4 is 5.97 Å². The Morgan fingerprint density at radius 1 is 1.33 bits per heavy atom. The molecule has 1 aromatic heterocycles. The first-order valence-corrected chi connectivity index (χ1v) is 7.14. The van der Waals surface area contributed by atoms with Crippen molar-refractivity contribution in [3.63, 3.8) is 0 Å². The number of carbonyl (C=O) groups is 1. The molecule has 0 saturated carbocycles. The maximum absolute atomic E-state index is 12.1. The van der Waals surface area contributed by atoms with E-state index in [1.165, 1.54) is 0 Å². The average Bonchev–Trinajstić information content (AvgIpc) is 2.90. The van der Waals surface area contributed by atoms with Crippen LogP contribution in [-0.2, 0) is 23.0 Å². The zero-order valence-electron chi connectivity index (χ0n) is 12.5. The molecule has 5 nitrogen and oxygen atoms in total. The SMILES string of the molecule is CCOC(=O)C(NCCc1ccn(C)n1)c1ccccc1. The van der Waals surface area contributed by atoms with Gasteiger partial charge in [0.2, 0.25) is 0 Å². The summed E-state index contributed by atoms with van der Waals surface area (Å²) in [6.07, 6.45) is 2.68. The molecule has 2 rings (SSSR count). The Morgan fingerprint density at radius 3 is 2.71 bits per heavy atom. The summed E-state index contributed by atoms with van der Waals surface area (Å²) in [7, 11) is 1.89. The molecule has 21 heavy (non-hydrogen) atoms. The van der Waals surface area contributed by atoms with Gasteiger partial charge in [-0.15, -0.1) is 0 Å². The lowest BCUT2D eigenvalue weighted by molar-refractivity contribution is -0.145. The van der Waals surface area contributed by atoms with Crippen molar-refractivity contribution in [3.05, 3.63) is 53.9 Å².